The average Bonchev–Trinajstić information content (AvgIpc) is 2.48. The lowest BCUT2D eigenvalue weighted by Gasteiger charge is -2.13. The Balaban J connectivity index is 2.43. The van der Waals surface area contributed by atoms with Gasteiger partial charge >= 0.3 is 0 Å². The van der Waals surface area contributed by atoms with E-state index in [-0.39, 0.29) is 17.3 Å². The summed E-state index contributed by atoms with van der Waals surface area (Å²) in [5, 5.41) is 29.3. The molecular weight excluding hydrogens is 264 g/mol. The summed E-state index contributed by atoms with van der Waals surface area (Å²) >= 11 is 0. The molecule has 0 spiro atoms. The SMILES string of the molecule is C=C(/C=C(\C(=C)O)c1cc(O)ccc1O)C1=CC=CCC1. The third kappa shape index (κ3) is 3.45. The molecule has 0 amide bonds. The second kappa shape index (κ2) is 6.18. The van der Waals surface area contributed by atoms with E-state index in [0.29, 0.717) is 11.1 Å². The maximum Gasteiger partial charge on any atom is 0.123 e. The molecule has 0 bridgehead atoms. The molecule has 0 radical (unpaired) electrons. The molecule has 0 heterocycles. The second-order valence-corrected chi connectivity index (χ2v) is 4.89. The van der Waals surface area contributed by atoms with E-state index in [0.717, 1.165) is 24.0 Å². The standard InChI is InChI=1S/C18H18O3/c1-12(14-6-4-3-5-7-14)10-16(13(2)19)17-11-15(20)8-9-18(17)21/h3-4,6,8-11,19-21H,1-2,5,7H2/b16-10+. The lowest BCUT2D eigenvalue weighted by Crippen LogP contribution is -1.94. The Kier molecular flexibility index (Phi) is 4.33. The van der Waals surface area contributed by atoms with Gasteiger partial charge in [-0.2, -0.15) is 0 Å². The van der Waals surface area contributed by atoms with Crippen molar-refractivity contribution >= 4 is 5.57 Å². The Morgan fingerprint density at radius 2 is 1.95 bits per heavy atom. The molecule has 3 nitrogen and oxygen atoms in total. The van der Waals surface area contributed by atoms with Crippen molar-refractivity contribution in [1.82, 2.24) is 0 Å². The van der Waals surface area contributed by atoms with Crippen LogP contribution in [0.15, 0.2) is 72.6 Å². The summed E-state index contributed by atoms with van der Waals surface area (Å²) in [5.41, 5.74) is 2.46. The Morgan fingerprint density at radius 1 is 1.19 bits per heavy atom. The number of phenolic OH excluding ortho intramolecular Hbond substituents is 2. The highest BCUT2D eigenvalue weighted by molar-refractivity contribution is 5.82. The van der Waals surface area contributed by atoms with Crippen LogP contribution in [0.25, 0.3) is 5.57 Å². The third-order valence-corrected chi connectivity index (χ3v) is 3.33. The monoisotopic (exact) mass is 282 g/mol. The van der Waals surface area contributed by atoms with Gasteiger partial charge in [0.2, 0.25) is 0 Å². The molecule has 0 saturated carbocycles. The second-order valence-electron chi connectivity index (χ2n) is 4.89. The Morgan fingerprint density at radius 3 is 2.57 bits per heavy atom. The van der Waals surface area contributed by atoms with Gasteiger partial charge < -0.3 is 15.3 Å². The minimum atomic E-state index is -0.191. The summed E-state index contributed by atoms with van der Waals surface area (Å²) < 4.78 is 0. The van der Waals surface area contributed by atoms with Crippen molar-refractivity contribution in [2.45, 2.75) is 12.8 Å². The smallest absolute Gasteiger partial charge is 0.123 e. The van der Waals surface area contributed by atoms with E-state index in [1.54, 1.807) is 6.08 Å². The zero-order valence-corrected chi connectivity index (χ0v) is 11.7. The van der Waals surface area contributed by atoms with E-state index in [9.17, 15) is 15.3 Å². The highest BCUT2D eigenvalue weighted by Gasteiger charge is 2.13. The summed E-state index contributed by atoms with van der Waals surface area (Å²) in [7, 11) is 0. The number of aromatic hydroxyl groups is 2. The summed E-state index contributed by atoms with van der Waals surface area (Å²) in [6, 6.07) is 4.12. The number of aliphatic hydroxyl groups excluding tert-OH is 1. The molecule has 0 aromatic heterocycles. The summed E-state index contributed by atoms with van der Waals surface area (Å²) in [6.07, 6.45) is 9.52. The van der Waals surface area contributed by atoms with Gasteiger partial charge in [0.25, 0.3) is 0 Å². The van der Waals surface area contributed by atoms with Gasteiger partial charge in [-0.3, -0.25) is 0 Å². The molecule has 2 rings (SSSR count). The van der Waals surface area contributed by atoms with Gasteiger partial charge in [0.05, 0.1) is 0 Å². The highest BCUT2D eigenvalue weighted by Crippen LogP contribution is 2.33. The number of benzene rings is 1. The zero-order chi connectivity index (χ0) is 15.4. The van der Waals surface area contributed by atoms with E-state index in [1.807, 2.05) is 12.2 Å². The lowest BCUT2D eigenvalue weighted by molar-refractivity contribution is 0.436. The van der Waals surface area contributed by atoms with E-state index >= 15 is 0 Å². The van der Waals surface area contributed by atoms with Gasteiger partial charge in [-0.15, -0.1) is 0 Å². The van der Waals surface area contributed by atoms with Gasteiger partial charge in [-0.25, -0.2) is 0 Å². The molecule has 0 saturated heterocycles. The molecule has 0 fully saturated rings. The first-order valence-electron chi connectivity index (χ1n) is 6.66. The van der Waals surface area contributed by atoms with E-state index in [1.165, 1.54) is 18.2 Å². The molecule has 3 heteroatoms. The molecule has 1 aromatic carbocycles. The highest BCUT2D eigenvalue weighted by atomic mass is 16.3. The van der Waals surface area contributed by atoms with Crippen molar-refractivity contribution in [3.63, 3.8) is 0 Å². The maximum absolute atomic E-state index is 9.92. The Labute approximate surface area is 124 Å². The van der Waals surface area contributed by atoms with Crippen LogP contribution in [-0.2, 0) is 0 Å². The van der Waals surface area contributed by atoms with Crippen molar-refractivity contribution in [3.05, 3.63) is 78.1 Å². The van der Waals surface area contributed by atoms with Crippen molar-refractivity contribution in [3.8, 4) is 11.5 Å². The maximum atomic E-state index is 9.92. The van der Waals surface area contributed by atoms with Crippen LogP contribution in [0.4, 0.5) is 0 Å². The Bertz CT molecular complexity index is 676. The molecule has 108 valence electrons. The van der Waals surface area contributed by atoms with Gasteiger partial charge in [0.15, 0.2) is 0 Å². The number of aliphatic hydroxyl groups is 1. The molecule has 0 unspecified atom stereocenters. The predicted molar refractivity (Wildman–Crippen MR) is 85.1 cm³/mol. The fourth-order valence-electron chi connectivity index (χ4n) is 2.19. The van der Waals surface area contributed by atoms with Gasteiger partial charge in [0, 0.05) is 11.1 Å². The summed E-state index contributed by atoms with van der Waals surface area (Å²) in [5.74, 6) is -0.232. The van der Waals surface area contributed by atoms with Crippen LogP contribution in [0.2, 0.25) is 0 Å². The minimum absolute atomic E-state index is 0.000350. The molecule has 1 aromatic rings. The van der Waals surface area contributed by atoms with Crippen LogP contribution in [0, 0.1) is 0 Å². The number of hydrogen-bond donors (Lipinski definition) is 3. The average molecular weight is 282 g/mol. The van der Waals surface area contributed by atoms with Crippen molar-refractivity contribution in [1.29, 1.82) is 0 Å². The molecule has 1 aliphatic rings. The van der Waals surface area contributed by atoms with Crippen molar-refractivity contribution in [2.75, 3.05) is 0 Å². The Hall–Kier alpha value is -2.68. The molecule has 3 N–H and O–H groups in total. The first kappa shape index (κ1) is 14.7. The summed E-state index contributed by atoms with van der Waals surface area (Å²) in [4.78, 5) is 0. The van der Waals surface area contributed by atoms with Gasteiger partial charge in [-0.05, 0) is 48.3 Å². The molecule has 1 aliphatic carbocycles. The van der Waals surface area contributed by atoms with Crippen LogP contribution in [-0.4, -0.2) is 15.3 Å². The number of phenols is 2. The molecular formula is C18H18O3. The topological polar surface area (TPSA) is 60.7 Å². The normalized spacial score (nSPS) is 14.7. The molecule has 0 aliphatic heterocycles. The lowest BCUT2D eigenvalue weighted by atomic mass is 9.94. The van der Waals surface area contributed by atoms with E-state index in [4.69, 9.17) is 0 Å². The molecule has 21 heavy (non-hydrogen) atoms. The summed E-state index contributed by atoms with van der Waals surface area (Å²) in [6.45, 7) is 7.52. The van der Waals surface area contributed by atoms with E-state index < -0.39 is 0 Å². The van der Waals surface area contributed by atoms with Crippen LogP contribution >= 0.6 is 0 Å². The van der Waals surface area contributed by atoms with E-state index in [2.05, 4.69) is 19.2 Å². The number of hydrogen-bond acceptors (Lipinski definition) is 3. The van der Waals surface area contributed by atoms with Crippen LogP contribution < -0.4 is 0 Å². The van der Waals surface area contributed by atoms with Crippen molar-refractivity contribution < 1.29 is 15.3 Å². The van der Waals surface area contributed by atoms with Gasteiger partial charge in [-0.1, -0.05) is 31.4 Å². The fraction of sp³-hybridized carbons (Fsp3) is 0.111. The molecule has 0 atom stereocenters. The minimum Gasteiger partial charge on any atom is -0.508 e. The largest absolute Gasteiger partial charge is 0.508 e. The van der Waals surface area contributed by atoms with Gasteiger partial charge in [0.1, 0.15) is 17.3 Å². The quantitative estimate of drug-likeness (QED) is 0.436. The number of allylic oxidation sites excluding steroid dienone is 7. The zero-order valence-electron chi connectivity index (χ0n) is 11.7. The van der Waals surface area contributed by atoms with Crippen LogP contribution in [0.5, 0.6) is 11.5 Å². The van der Waals surface area contributed by atoms with Crippen LogP contribution in [0.3, 0.4) is 0 Å². The van der Waals surface area contributed by atoms with Crippen molar-refractivity contribution in [2.24, 2.45) is 0 Å². The first-order valence-corrected chi connectivity index (χ1v) is 6.66. The predicted octanol–water partition coefficient (Wildman–Crippen LogP) is 4.39. The van der Waals surface area contributed by atoms with Crippen LogP contribution in [0.1, 0.15) is 18.4 Å². The number of rotatable bonds is 4. The first-order chi connectivity index (χ1) is 9.99. The third-order valence-electron chi connectivity index (χ3n) is 3.33. The fourth-order valence-corrected chi connectivity index (χ4v) is 2.19.